The van der Waals surface area contributed by atoms with Gasteiger partial charge in [0.2, 0.25) is 0 Å². The van der Waals surface area contributed by atoms with Gasteiger partial charge in [-0.3, -0.25) is 0 Å². The molecule has 0 fully saturated rings. The molecule has 1 N–H and O–H groups in total. The molecule has 0 aliphatic rings. The predicted octanol–water partition coefficient (Wildman–Crippen LogP) is 4.54. The lowest BCUT2D eigenvalue weighted by atomic mass is 10.1. The van der Waals surface area contributed by atoms with Gasteiger partial charge in [0.15, 0.2) is 0 Å². The summed E-state index contributed by atoms with van der Waals surface area (Å²) < 4.78 is 0. The van der Waals surface area contributed by atoms with E-state index >= 15 is 0 Å². The largest absolute Gasteiger partial charge is 0.302 e. The Morgan fingerprint density at radius 3 is 2.39 bits per heavy atom. The van der Waals surface area contributed by atoms with Gasteiger partial charge in [0.1, 0.15) is 5.01 Å². The molecule has 2 aromatic rings. The molecule has 1 atom stereocenters. The van der Waals surface area contributed by atoms with Crippen LogP contribution in [0.15, 0.2) is 29.8 Å². The maximum atomic E-state index is 6.28. The topological polar surface area (TPSA) is 24.9 Å². The van der Waals surface area contributed by atoms with Crippen LogP contribution in [-0.4, -0.2) is 11.0 Å². The van der Waals surface area contributed by atoms with Crippen LogP contribution in [0, 0.1) is 0 Å². The summed E-state index contributed by atoms with van der Waals surface area (Å²) in [5.41, 5.74) is 0.893. The average molecular weight is 301 g/mol. The van der Waals surface area contributed by atoms with E-state index in [0.717, 1.165) is 10.6 Å². The van der Waals surface area contributed by atoms with Crippen molar-refractivity contribution in [2.24, 2.45) is 0 Å². The van der Waals surface area contributed by atoms with Gasteiger partial charge in [-0.05, 0) is 26.0 Å². The Balaban J connectivity index is 2.46. The Morgan fingerprint density at radius 2 is 1.89 bits per heavy atom. The van der Waals surface area contributed by atoms with Crippen LogP contribution in [0.4, 0.5) is 0 Å². The summed E-state index contributed by atoms with van der Waals surface area (Å²) in [5, 5.41) is 7.71. The highest BCUT2D eigenvalue weighted by atomic mass is 35.5. The predicted molar refractivity (Wildman–Crippen MR) is 78.7 cm³/mol. The Labute approximate surface area is 121 Å². The van der Waals surface area contributed by atoms with E-state index in [1.54, 1.807) is 17.5 Å². The number of rotatable bonds is 4. The summed E-state index contributed by atoms with van der Waals surface area (Å²) in [6, 6.07) is 5.80. The van der Waals surface area contributed by atoms with Crippen molar-refractivity contribution in [3.05, 3.63) is 50.4 Å². The van der Waals surface area contributed by atoms with Gasteiger partial charge >= 0.3 is 0 Å². The molecule has 1 unspecified atom stereocenters. The minimum absolute atomic E-state index is 0.0637. The smallest absolute Gasteiger partial charge is 0.114 e. The second kappa shape index (κ2) is 6.02. The van der Waals surface area contributed by atoms with Crippen LogP contribution < -0.4 is 5.32 Å². The maximum Gasteiger partial charge on any atom is 0.114 e. The molecule has 0 spiro atoms. The maximum absolute atomic E-state index is 6.28. The number of hydrogen-bond acceptors (Lipinski definition) is 3. The van der Waals surface area contributed by atoms with Crippen molar-refractivity contribution in [1.29, 1.82) is 0 Å². The van der Waals surface area contributed by atoms with Gasteiger partial charge in [0, 0.05) is 33.2 Å². The molecule has 0 aliphatic heterocycles. The molecule has 0 saturated heterocycles. The fourth-order valence-corrected chi connectivity index (χ4v) is 3.10. The molecule has 2 rings (SSSR count). The van der Waals surface area contributed by atoms with E-state index in [4.69, 9.17) is 23.2 Å². The Kier molecular flexibility index (Phi) is 4.62. The van der Waals surface area contributed by atoms with Crippen LogP contribution in [-0.2, 0) is 0 Å². The summed E-state index contributed by atoms with van der Waals surface area (Å²) in [4.78, 5) is 4.37. The van der Waals surface area contributed by atoms with E-state index < -0.39 is 0 Å². The van der Waals surface area contributed by atoms with Crippen molar-refractivity contribution in [2.75, 3.05) is 0 Å². The summed E-state index contributed by atoms with van der Waals surface area (Å²) in [6.45, 7) is 4.18. The highest BCUT2D eigenvalue weighted by molar-refractivity contribution is 7.09. The molecular formula is C13H14Cl2N2S. The number of hydrogen-bond donors (Lipinski definition) is 1. The highest BCUT2D eigenvalue weighted by Gasteiger charge is 2.22. The van der Waals surface area contributed by atoms with Crippen molar-refractivity contribution >= 4 is 34.5 Å². The van der Waals surface area contributed by atoms with Crippen molar-refractivity contribution in [1.82, 2.24) is 10.3 Å². The monoisotopic (exact) mass is 300 g/mol. The fraction of sp³-hybridized carbons (Fsp3) is 0.308. The van der Waals surface area contributed by atoms with Gasteiger partial charge in [0.25, 0.3) is 0 Å². The first-order chi connectivity index (χ1) is 8.59. The number of nitrogens with one attached hydrogen (secondary N) is 1. The average Bonchev–Trinajstić information content (AvgIpc) is 2.80. The molecule has 96 valence electrons. The van der Waals surface area contributed by atoms with Crippen molar-refractivity contribution in [2.45, 2.75) is 25.9 Å². The van der Waals surface area contributed by atoms with Gasteiger partial charge in [0.05, 0.1) is 6.04 Å². The van der Waals surface area contributed by atoms with Crippen LogP contribution in [0.25, 0.3) is 0 Å². The van der Waals surface area contributed by atoms with Gasteiger partial charge < -0.3 is 5.32 Å². The van der Waals surface area contributed by atoms with Crippen LogP contribution in [0.5, 0.6) is 0 Å². The minimum atomic E-state index is -0.0637. The van der Waals surface area contributed by atoms with Crippen LogP contribution >= 0.6 is 34.5 Å². The van der Waals surface area contributed by atoms with Gasteiger partial charge in [-0.15, -0.1) is 11.3 Å². The third-order valence-corrected chi connectivity index (χ3v) is 3.99. The Bertz CT molecular complexity index is 491. The number of halogens is 2. The van der Waals surface area contributed by atoms with E-state index in [-0.39, 0.29) is 6.04 Å². The summed E-state index contributed by atoms with van der Waals surface area (Å²) in [6.07, 6.45) is 1.79. The first-order valence-electron chi connectivity index (χ1n) is 5.69. The molecule has 0 bridgehead atoms. The van der Waals surface area contributed by atoms with Crippen LogP contribution in [0.1, 0.15) is 30.5 Å². The highest BCUT2D eigenvalue weighted by Crippen LogP contribution is 2.35. The van der Waals surface area contributed by atoms with Crippen molar-refractivity contribution in [3.8, 4) is 0 Å². The molecular weight excluding hydrogens is 287 g/mol. The normalized spacial score (nSPS) is 12.9. The zero-order chi connectivity index (χ0) is 13.1. The van der Waals surface area contributed by atoms with Crippen molar-refractivity contribution in [3.63, 3.8) is 0 Å². The van der Waals surface area contributed by atoms with Crippen LogP contribution in [0.3, 0.4) is 0 Å². The van der Waals surface area contributed by atoms with E-state index in [1.165, 1.54) is 0 Å². The van der Waals surface area contributed by atoms with E-state index in [1.807, 2.05) is 23.6 Å². The molecule has 1 heterocycles. The van der Waals surface area contributed by atoms with E-state index in [2.05, 4.69) is 24.1 Å². The number of aromatic nitrogens is 1. The second-order valence-corrected chi connectivity index (χ2v) is 6.00. The van der Waals surface area contributed by atoms with Crippen molar-refractivity contribution < 1.29 is 0 Å². The Hall–Kier alpha value is -0.610. The lowest BCUT2D eigenvalue weighted by Crippen LogP contribution is -2.29. The molecule has 0 saturated carbocycles. The molecule has 1 aromatic carbocycles. The van der Waals surface area contributed by atoms with Gasteiger partial charge in [-0.2, -0.15) is 0 Å². The molecule has 5 heteroatoms. The zero-order valence-electron chi connectivity index (χ0n) is 10.2. The van der Waals surface area contributed by atoms with Crippen LogP contribution in [0.2, 0.25) is 10.0 Å². The van der Waals surface area contributed by atoms with Gasteiger partial charge in [-0.25, -0.2) is 4.98 Å². The first-order valence-corrected chi connectivity index (χ1v) is 7.32. The molecule has 0 radical (unpaired) electrons. The van der Waals surface area contributed by atoms with Gasteiger partial charge in [-0.1, -0.05) is 29.3 Å². The second-order valence-electron chi connectivity index (χ2n) is 4.26. The third-order valence-electron chi connectivity index (χ3n) is 2.49. The molecule has 0 amide bonds. The zero-order valence-corrected chi connectivity index (χ0v) is 12.5. The summed E-state index contributed by atoms with van der Waals surface area (Å²) >= 11 is 14.1. The standard InChI is InChI=1S/C13H14Cl2N2S/c1-8(2)17-12(13-16-6-7-18-13)11-9(14)4-3-5-10(11)15/h3-8,12,17H,1-2H3. The lowest BCUT2D eigenvalue weighted by Gasteiger charge is -2.21. The lowest BCUT2D eigenvalue weighted by molar-refractivity contribution is 0.527. The Morgan fingerprint density at radius 1 is 1.22 bits per heavy atom. The molecule has 0 aliphatic carbocycles. The quantitative estimate of drug-likeness (QED) is 0.897. The fourth-order valence-electron chi connectivity index (χ4n) is 1.77. The SMILES string of the molecule is CC(C)NC(c1nccs1)c1c(Cl)cccc1Cl. The molecule has 2 nitrogen and oxygen atoms in total. The van der Waals surface area contributed by atoms with E-state index in [0.29, 0.717) is 16.1 Å². The number of nitrogens with zero attached hydrogens (tertiary/aromatic N) is 1. The molecule has 18 heavy (non-hydrogen) atoms. The third kappa shape index (κ3) is 3.04. The van der Waals surface area contributed by atoms with E-state index in [9.17, 15) is 0 Å². The number of benzene rings is 1. The number of thiazole rings is 1. The summed E-state index contributed by atoms with van der Waals surface area (Å²) in [7, 11) is 0. The molecule has 1 aromatic heterocycles. The minimum Gasteiger partial charge on any atom is -0.302 e. The summed E-state index contributed by atoms with van der Waals surface area (Å²) in [5.74, 6) is 0. The first kappa shape index (κ1) is 13.8.